The molecule has 1 fully saturated rings. The van der Waals surface area contributed by atoms with Crippen LogP contribution >= 0.6 is 0 Å². The van der Waals surface area contributed by atoms with E-state index in [1.165, 1.54) is 0 Å². The third kappa shape index (κ3) is 1.68. The van der Waals surface area contributed by atoms with Crippen LogP contribution < -0.4 is 5.32 Å². The van der Waals surface area contributed by atoms with Gasteiger partial charge >= 0.3 is 0 Å². The molecule has 0 saturated carbocycles. The van der Waals surface area contributed by atoms with Gasteiger partial charge in [0.15, 0.2) is 0 Å². The lowest BCUT2D eigenvalue weighted by atomic mass is 9.64. The summed E-state index contributed by atoms with van der Waals surface area (Å²) < 4.78 is 0. The van der Waals surface area contributed by atoms with E-state index in [9.17, 15) is 9.59 Å². The second-order valence-corrected chi connectivity index (χ2v) is 4.71. The van der Waals surface area contributed by atoms with E-state index in [2.05, 4.69) is 19.2 Å². The number of imide groups is 1. The Morgan fingerprint density at radius 3 is 2.50 bits per heavy atom. The van der Waals surface area contributed by atoms with Gasteiger partial charge in [0.1, 0.15) is 0 Å². The topological polar surface area (TPSA) is 46.2 Å². The summed E-state index contributed by atoms with van der Waals surface area (Å²) in [5.74, 6) is 0.0958. The predicted molar refractivity (Wildman–Crippen MR) is 54.5 cm³/mol. The average Bonchev–Trinajstić information content (AvgIpc) is 2.02. The minimum absolute atomic E-state index is 0.0276. The lowest BCUT2D eigenvalue weighted by molar-refractivity contribution is -0.145. The van der Waals surface area contributed by atoms with E-state index in [0.29, 0.717) is 12.3 Å². The third-order valence-corrected chi connectivity index (χ3v) is 3.64. The number of carbonyl (C=O) groups is 2. The molecule has 14 heavy (non-hydrogen) atoms. The Kier molecular flexibility index (Phi) is 2.98. The summed E-state index contributed by atoms with van der Waals surface area (Å²) in [5, 5.41) is 2.41. The maximum atomic E-state index is 11.6. The van der Waals surface area contributed by atoms with E-state index < -0.39 is 0 Å². The van der Waals surface area contributed by atoms with Gasteiger partial charge in [0.05, 0.1) is 0 Å². The fraction of sp³-hybridized carbons (Fsp3) is 0.818. The standard InChI is InChI=1S/C11H19NO2/c1-5-8-10(14)12-9(13)6-11(8,4)7(2)3/h7-8H,5-6H2,1-4H3,(H,12,13,14). The van der Waals surface area contributed by atoms with Gasteiger partial charge in [0.2, 0.25) is 11.8 Å². The molecule has 2 atom stereocenters. The van der Waals surface area contributed by atoms with E-state index in [1.807, 2.05) is 13.8 Å². The van der Waals surface area contributed by atoms with Gasteiger partial charge in [-0.1, -0.05) is 27.7 Å². The van der Waals surface area contributed by atoms with Crippen molar-refractivity contribution in [3.8, 4) is 0 Å². The van der Waals surface area contributed by atoms with Gasteiger partial charge in [-0.25, -0.2) is 0 Å². The molecule has 1 aliphatic rings. The molecule has 0 aromatic rings. The second-order valence-electron chi connectivity index (χ2n) is 4.71. The van der Waals surface area contributed by atoms with Gasteiger partial charge in [-0.2, -0.15) is 0 Å². The van der Waals surface area contributed by atoms with E-state index in [-0.39, 0.29) is 23.1 Å². The van der Waals surface area contributed by atoms with Crippen LogP contribution in [0, 0.1) is 17.3 Å². The maximum absolute atomic E-state index is 11.6. The second kappa shape index (κ2) is 3.71. The smallest absolute Gasteiger partial charge is 0.230 e. The highest BCUT2D eigenvalue weighted by Crippen LogP contribution is 2.42. The number of carbonyl (C=O) groups excluding carboxylic acids is 2. The molecule has 3 heteroatoms. The zero-order valence-electron chi connectivity index (χ0n) is 9.39. The number of rotatable bonds is 2. The predicted octanol–water partition coefficient (Wildman–Crippen LogP) is 1.72. The molecule has 0 aromatic carbocycles. The maximum Gasteiger partial charge on any atom is 0.230 e. The van der Waals surface area contributed by atoms with Crippen LogP contribution in [0.2, 0.25) is 0 Å². The Balaban J connectivity index is 2.99. The molecule has 1 aliphatic heterocycles. The summed E-state index contributed by atoms with van der Waals surface area (Å²) in [6.07, 6.45) is 1.27. The highest BCUT2D eigenvalue weighted by molar-refractivity contribution is 5.99. The third-order valence-electron chi connectivity index (χ3n) is 3.64. The summed E-state index contributed by atoms with van der Waals surface area (Å²) in [5.41, 5.74) is -0.172. The normalized spacial score (nSPS) is 33.4. The largest absolute Gasteiger partial charge is 0.296 e. The number of piperidine rings is 1. The van der Waals surface area contributed by atoms with Crippen LogP contribution in [-0.2, 0) is 9.59 Å². The van der Waals surface area contributed by atoms with Crippen LogP contribution in [0.1, 0.15) is 40.5 Å². The molecule has 0 bridgehead atoms. The van der Waals surface area contributed by atoms with Crippen molar-refractivity contribution in [2.24, 2.45) is 17.3 Å². The van der Waals surface area contributed by atoms with Gasteiger partial charge in [0.25, 0.3) is 0 Å². The van der Waals surface area contributed by atoms with Crippen LogP contribution in [0.3, 0.4) is 0 Å². The van der Waals surface area contributed by atoms with Gasteiger partial charge < -0.3 is 0 Å². The molecule has 1 saturated heterocycles. The van der Waals surface area contributed by atoms with Gasteiger partial charge in [0, 0.05) is 12.3 Å². The van der Waals surface area contributed by atoms with Crippen molar-refractivity contribution in [1.29, 1.82) is 0 Å². The van der Waals surface area contributed by atoms with Crippen molar-refractivity contribution in [2.75, 3.05) is 0 Å². The number of nitrogens with one attached hydrogen (secondary N) is 1. The van der Waals surface area contributed by atoms with E-state index in [1.54, 1.807) is 0 Å². The van der Waals surface area contributed by atoms with Crippen molar-refractivity contribution in [1.82, 2.24) is 5.32 Å². The molecule has 1 N–H and O–H groups in total. The van der Waals surface area contributed by atoms with Crippen LogP contribution in [0.4, 0.5) is 0 Å². The molecule has 3 nitrogen and oxygen atoms in total. The first-order valence-corrected chi connectivity index (χ1v) is 5.25. The molecule has 0 aromatic heterocycles. The highest BCUT2D eigenvalue weighted by atomic mass is 16.2. The minimum atomic E-state index is -0.172. The quantitative estimate of drug-likeness (QED) is 0.685. The van der Waals surface area contributed by atoms with Gasteiger partial charge in [-0.3, -0.25) is 14.9 Å². The van der Waals surface area contributed by atoms with Crippen molar-refractivity contribution >= 4 is 11.8 Å². The first-order chi connectivity index (χ1) is 6.41. The van der Waals surface area contributed by atoms with Gasteiger partial charge in [-0.15, -0.1) is 0 Å². The molecule has 2 unspecified atom stereocenters. The number of hydrogen-bond donors (Lipinski definition) is 1. The lowest BCUT2D eigenvalue weighted by Gasteiger charge is -2.42. The van der Waals surface area contributed by atoms with Gasteiger partial charge in [-0.05, 0) is 17.8 Å². The van der Waals surface area contributed by atoms with Crippen LogP contribution in [0.25, 0.3) is 0 Å². The molecular weight excluding hydrogens is 178 g/mol. The average molecular weight is 197 g/mol. The Morgan fingerprint density at radius 2 is 2.07 bits per heavy atom. The Hall–Kier alpha value is -0.860. The van der Waals surface area contributed by atoms with Crippen LogP contribution in [-0.4, -0.2) is 11.8 Å². The van der Waals surface area contributed by atoms with Crippen molar-refractivity contribution in [2.45, 2.75) is 40.5 Å². The zero-order valence-corrected chi connectivity index (χ0v) is 9.39. The van der Waals surface area contributed by atoms with Crippen molar-refractivity contribution < 1.29 is 9.59 Å². The molecule has 0 radical (unpaired) electrons. The van der Waals surface area contributed by atoms with E-state index >= 15 is 0 Å². The summed E-state index contributed by atoms with van der Waals surface area (Å²) in [4.78, 5) is 22.9. The first kappa shape index (κ1) is 11.2. The lowest BCUT2D eigenvalue weighted by Crippen LogP contribution is -2.52. The fourth-order valence-corrected chi connectivity index (χ4v) is 2.30. The monoisotopic (exact) mass is 197 g/mol. The van der Waals surface area contributed by atoms with E-state index in [0.717, 1.165) is 6.42 Å². The van der Waals surface area contributed by atoms with Crippen molar-refractivity contribution in [3.63, 3.8) is 0 Å². The Morgan fingerprint density at radius 1 is 1.50 bits per heavy atom. The first-order valence-electron chi connectivity index (χ1n) is 5.25. The summed E-state index contributed by atoms with van der Waals surface area (Å²) in [6, 6.07) is 0. The highest BCUT2D eigenvalue weighted by Gasteiger charge is 2.45. The SMILES string of the molecule is CCC1C(=O)NC(=O)CC1(C)C(C)C. The molecule has 0 aliphatic carbocycles. The number of amides is 2. The molecular formula is C11H19NO2. The summed E-state index contributed by atoms with van der Waals surface area (Å²) in [6.45, 7) is 8.20. The fourth-order valence-electron chi connectivity index (χ4n) is 2.30. The molecule has 0 spiro atoms. The van der Waals surface area contributed by atoms with Crippen LogP contribution in [0.15, 0.2) is 0 Å². The van der Waals surface area contributed by atoms with Crippen LogP contribution in [0.5, 0.6) is 0 Å². The summed E-state index contributed by atoms with van der Waals surface area (Å²) >= 11 is 0. The Bertz CT molecular complexity index is 260. The van der Waals surface area contributed by atoms with Crippen molar-refractivity contribution in [3.05, 3.63) is 0 Å². The summed E-state index contributed by atoms with van der Waals surface area (Å²) in [7, 11) is 0. The molecule has 2 amide bonds. The molecule has 80 valence electrons. The minimum Gasteiger partial charge on any atom is -0.296 e. The number of hydrogen-bond acceptors (Lipinski definition) is 2. The zero-order chi connectivity index (χ0) is 10.9. The molecule has 1 rings (SSSR count). The molecule has 1 heterocycles. The Labute approximate surface area is 85.3 Å². The van der Waals surface area contributed by atoms with E-state index in [4.69, 9.17) is 0 Å².